The fourth-order valence-electron chi connectivity index (χ4n) is 6.78. The number of rotatable bonds is 4. The molecule has 1 amide bonds. The van der Waals surface area contributed by atoms with Crippen molar-refractivity contribution in [3.05, 3.63) is 85.0 Å². The molecule has 2 aliphatic rings. The van der Waals surface area contributed by atoms with Gasteiger partial charge in [-0.25, -0.2) is 23.1 Å². The van der Waals surface area contributed by atoms with Crippen LogP contribution in [0.5, 0.6) is 0 Å². The topological polar surface area (TPSA) is 105 Å². The summed E-state index contributed by atoms with van der Waals surface area (Å²) in [5, 5.41) is 13.0. The molecule has 2 aromatic carbocycles. The van der Waals surface area contributed by atoms with Crippen molar-refractivity contribution in [1.82, 2.24) is 34.7 Å². The number of halogens is 2. The Kier molecular flexibility index (Phi) is 6.31. The second-order valence-corrected chi connectivity index (χ2v) is 12.8. The molecule has 2 saturated heterocycles. The minimum absolute atomic E-state index is 0.0583. The highest BCUT2D eigenvalue weighted by atomic mass is 19.1. The van der Waals surface area contributed by atoms with E-state index in [0.717, 1.165) is 22.0 Å². The van der Waals surface area contributed by atoms with E-state index >= 15 is 8.78 Å². The van der Waals surface area contributed by atoms with Crippen molar-refractivity contribution in [2.24, 2.45) is 0 Å². The lowest BCUT2D eigenvalue weighted by Crippen LogP contribution is -2.50. The lowest BCUT2D eigenvalue weighted by atomic mass is 9.99. The Labute approximate surface area is 262 Å². The van der Waals surface area contributed by atoms with E-state index in [1.54, 1.807) is 35.8 Å². The van der Waals surface area contributed by atoms with Gasteiger partial charge in [0.15, 0.2) is 5.65 Å². The number of carbonyl (C=O) groups is 1. The largest absolute Gasteiger partial charge is 0.444 e. The zero-order valence-electron chi connectivity index (χ0n) is 25.4. The Morgan fingerprint density at radius 2 is 1.76 bits per heavy atom. The lowest BCUT2D eigenvalue weighted by Gasteiger charge is -2.36. The molecule has 4 aromatic heterocycles. The van der Waals surface area contributed by atoms with Crippen LogP contribution < -0.4 is 4.90 Å². The van der Waals surface area contributed by atoms with Crippen molar-refractivity contribution in [3.63, 3.8) is 0 Å². The Morgan fingerprint density at radius 1 is 0.978 bits per heavy atom. The van der Waals surface area contributed by atoms with Crippen molar-refractivity contribution in [2.75, 3.05) is 18.0 Å². The average Bonchev–Trinajstić information content (AvgIpc) is 3.83. The first kappa shape index (κ1) is 28.1. The number of likely N-dealkylation sites (tertiary alicyclic amines) is 1. The number of hydrogen-bond donors (Lipinski definition) is 1. The van der Waals surface area contributed by atoms with Gasteiger partial charge in [-0.05, 0) is 69.2 Å². The molecule has 0 aliphatic carbocycles. The number of H-pyrrole nitrogens is 1. The highest BCUT2D eigenvalue weighted by molar-refractivity contribution is 6.03. The molecule has 10 nitrogen and oxygen atoms in total. The van der Waals surface area contributed by atoms with Gasteiger partial charge in [0.05, 0.1) is 34.6 Å². The quantitative estimate of drug-likeness (QED) is 0.241. The molecule has 1 N–H and O–H groups in total. The van der Waals surface area contributed by atoms with E-state index in [0.29, 0.717) is 42.1 Å². The van der Waals surface area contributed by atoms with E-state index in [1.807, 2.05) is 56.0 Å². The third-order valence-corrected chi connectivity index (χ3v) is 8.71. The number of benzene rings is 2. The highest BCUT2D eigenvalue weighted by Crippen LogP contribution is 2.41. The second kappa shape index (κ2) is 10.3. The number of anilines is 1. The normalized spacial score (nSPS) is 17.8. The minimum Gasteiger partial charge on any atom is -0.444 e. The minimum atomic E-state index is -0.714. The summed E-state index contributed by atoms with van der Waals surface area (Å²) in [4.78, 5) is 25.2. The first-order valence-corrected chi connectivity index (χ1v) is 15.1. The summed E-state index contributed by atoms with van der Waals surface area (Å²) in [6.07, 6.45) is 6.98. The summed E-state index contributed by atoms with van der Waals surface area (Å²) in [6.45, 7) is 6.41. The molecule has 0 radical (unpaired) electrons. The fourth-order valence-corrected chi connectivity index (χ4v) is 6.78. The van der Waals surface area contributed by atoms with Gasteiger partial charge in [0.25, 0.3) is 0 Å². The Hall–Kier alpha value is -5.39. The molecule has 0 spiro atoms. The van der Waals surface area contributed by atoms with Gasteiger partial charge in [-0.15, -0.1) is 0 Å². The van der Waals surface area contributed by atoms with Gasteiger partial charge in [-0.1, -0.05) is 12.1 Å². The number of ether oxygens (including phenoxy) is 1. The standard InChI is InChI=1S/C34H30F2N8O2/c1-34(2,3)46-33(45)43-18-21-13-22(43)17-42(21)20-14-25(35)30(26(36)15-20)28-9-12-38-32-29(23-5-4-6-27-24(23)16-39-40-27)31(41-44(28)32)19-7-10-37-11-8-19/h4-12,14-16,21-22H,13,17-18H2,1-3H3,(H,39,40)/t21-,22-/m0/s1. The van der Waals surface area contributed by atoms with Crippen LogP contribution in [0.3, 0.4) is 0 Å². The molecule has 2 bridgehead atoms. The number of nitrogens with zero attached hydrogens (tertiary/aromatic N) is 7. The molecule has 2 fully saturated rings. The third kappa shape index (κ3) is 4.55. The summed E-state index contributed by atoms with van der Waals surface area (Å²) >= 11 is 0. The monoisotopic (exact) mass is 620 g/mol. The molecule has 2 atom stereocenters. The average molecular weight is 621 g/mol. The van der Waals surface area contributed by atoms with Gasteiger partial charge in [0, 0.05) is 54.4 Å². The SMILES string of the molecule is CC(C)(C)OC(=O)N1C[C@@H]2C[C@H]1CN2c1cc(F)c(-c2ccnc3c(-c4cccc5[nH]ncc45)c(-c4ccncc4)nn23)c(F)c1. The van der Waals surface area contributed by atoms with Crippen LogP contribution in [0.2, 0.25) is 0 Å². The van der Waals surface area contributed by atoms with Gasteiger partial charge in [0.1, 0.15) is 22.9 Å². The van der Waals surface area contributed by atoms with Gasteiger partial charge < -0.3 is 14.5 Å². The van der Waals surface area contributed by atoms with Crippen molar-refractivity contribution >= 4 is 28.3 Å². The fraction of sp³-hybridized carbons (Fsp3) is 0.265. The number of piperazine rings is 1. The van der Waals surface area contributed by atoms with Crippen LogP contribution in [0.25, 0.3) is 50.2 Å². The zero-order valence-corrected chi connectivity index (χ0v) is 25.4. The Morgan fingerprint density at radius 3 is 2.48 bits per heavy atom. The summed E-state index contributed by atoms with van der Waals surface area (Å²) in [7, 11) is 0. The molecule has 46 heavy (non-hydrogen) atoms. The van der Waals surface area contributed by atoms with Crippen LogP contribution in [0.15, 0.2) is 73.3 Å². The number of amides is 1. The number of aromatic nitrogens is 6. The number of carbonyl (C=O) groups excluding carboxylic acids is 1. The number of hydrogen-bond acceptors (Lipinski definition) is 7. The summed E-state index contributed by atoms with van der Waals surface area (Å²) in [5.74, 6) is -1.43. The second-order valence-electron chi connectivity index (χ2n) is 12.8. The van der Waals surface area contributed by atoms with Crippen molar-refractivity contribution in [2.45, 2.75) is 44.9 Å². The first-order valence-electron chi connectivity index (χ1n) is 15.1. The molecule has 8 rings (SSSR count). The predicted octanol–water partition coefficient (Wildman–Crippen LogP) is 6.48. The maximum atomic E-state index is 16.1. The van der Waals surface area contributed by atoms with Crippen LogP contribution >= 0.6 is 0 Å². The van der Waals surface area contributed by atoms with Gasteiger partial charge >= 0.3 is 6.09 Å². The Bertz CT molecular complexity index is 2120. The number of aromatic amines is 1. The molecular weight excluding hydrogens is 590 g/mol. The smallest absolute Gasteiger partial charge is 0.410 e. The zero-order chi connectivity index (χ0) is 31.7. The van der Waals surface area contributed by atoms with E-state index in [1.165, 1.54) is 16.6 Å². The molecular formula is C34H30F2N8O2. The highest BCUT2D eigenvalue weighted by Gasteiger charge is 2.47. The molecule has 232 valence electrons. The third-order valence-electron chi connectivity index (χ3n) is 8.71. The van der Waals surface area contributed by atoms with Crippen LogP contribution in [0.4, 0.5) is 19.3 Å². The molecule has 0 unspecified atom stereocenters. The van der Waals surface area contributed by atoms with E-state index < -0.39 is 17.2 Å². The van der Waals surface area contributed by atoms with Gasteiger partial charge in [-0.3, -0.25) is 10.1 Å². The van der Waals surface area contributed by atoms with Crippen molar-refractivity contribution in [1.29, 1.82) is 0 Å². The van der Waals surface area contributed by atoms with Gasteiger partial charge in [0.2, 0.25) is 0 Å². The lowest BCUT2D eigenvalue weighted by molar-refractivity contribution is 0.0214. The maximum Gasteiger partial charge on any atom is 0.410 e. The maximum absolute atomic E-state index is 16.1. The number of fused-ring (bicyclic) bond motifs is 4. The summed E-state index contributed by atoms with van der Waals surface area (Å²) < 4.78 is 39.3. The van der Waals surface area contributed by atoms with E-state index in [4.69, 9.17) is 9.84 Å². The number of nitrogens with one attached hydrogen (secondary N) is 1. The van der Waals surface area contributed by atoms with E-state index in [2.05, 4.69) is 20.2 Å². The molecule has 6 aromatic rings. The molecule has 12 heteroatoms. The summed E-state index contributed by atoms with van der Waals surface area (Å²) in [6, 6.07) is 13.6. The molecule has 0 saturated carbocycles. The van der Waals surface area contributed by atoms with E-state index in [9.17, 15) is 4.79 Å². The van der Waals surface area contributed by atoms with Crippen LogP contribution in [0, 0.1) is 11.6 Å². The van der Waals surface area contributed by atoms with E-state index in [-0.39, 0.29) is 29.4 Å². The first-order chi connectivity index (χ1) is 22.2. The van der Waals surface area contributed by atoms with Crippen LogP contribution in [-0.2, 0) is 4.74 Å². The predicted molar refractivity (Wildman–Crippen MR) is 169 cm³/mol. The number of pyridine rings is 1. The molecule has 2 aliphatic heterocycles. The Balaban J connectivity index is 1.20. The van der Waals surface area contributed by atoms with Crippen molar-refractivity contribution in [3.8, 4) is 33.6 Å². The molecule has 6 heterocycles. The van der Waals surface area contributed by atoms with Crippen molar-refractivity contribution < 1.29 is 18.3 Å². The summed E-state index contributed by atoms with van der Waals surface area (Å²) in [5.41, 5.74) is 4.06. The van der Waals surface area contributed by atoms with Crippen LogP contribution in [-0.4, -0.2) is 71.5 Å². The van der Waals surface area contributed by atoms with Crippen LogP contribution in [0.1, 0.15) is 27.2 Å². The van der Waals surface area contributed by atoms with Gasteiger partial charge in [-0.2, -0.15) is 10.2 Å².